The van der Waals surface area contributed by atoms with Crippen molar-refractivity contribution in [1.29, 1.82) is 0 Å². The Labute approximate surface area is 151 Å². The van der Waals surface area contributed by atoms with Gasteiger partial charge >= 0.3 is 0 Å². The van der Waals surface area contributed by atoms with Gasteiger partial charge in [0.2, 0.25) is 11.8 Å². The van der Waals surface area contributed by atoms with Crippen molar-refractivity contribution >= 4 is 6.08 Å². The van der Waals surface area contributed by atoms with Crippen LogP contribution in [-0.2, 0) is 12.8 Å². The van der Waals surface area contributed by atoms with Gasteiger partial charge in [0.15, 0.2) is 5.82 Å². The van der Waals surface area contributed by atoms with Gasteiger partial charge in [-0.3, -0.25) is 0 Å². The second-order valence-electron chi connectivity index (χ2n) is 6.07. The second kappa shape index (κ2) is 7.90. The molecule has 0 saturated heterocycles. The van der Waals surface area contributed by atoms with E-state index in [1.54, 1.807) is 7.11 Å². The number of ether oxygens (including phenoxy) is 1. The van der Waals surface area contributed by atoms with E-state index in [-0.39, 0.29) is 5.92 Å². The van der Waals surface area contributed by atoms with E-state index in [2.05, 4.69) is 25.6 Å². The fourth-order valence-electron chi connectivity index (χ4n) is 2.34. The number of aromatic nitrogens is 6. The predicted octanol–water partition coefficient (Wildman–Crippen LogP) is 3.00. The van der Waals surface area contributed by atoms with Crippen LogP contribution >= 0.6 is 0 Å². The average molecular weight is 354 g/mol. The average Bonchev–Trinajstić information content (AvgIpc) is 3.31. The van der Waals surface area contributed by atoms with Gasteiger partial charge in [0.05, 0.1) is 12.8 Å². The summed E-state index contributed by atoms with van der Waals surface area (Å²) in [4.78, 5) is 1.52. The lowest BCUT2D eigenvalue weighted by Crippen LogP contribution is -2.00. The molecule has 8 nitrogen and oxygen atoms in total. The Morgan fingerprint density at radius 2 is 2.08 bits per heavy atom. The van der Waals surface area contributed by atoms with Gasteiger partial charge in [-0.1, -0.05) is 32.9 Å². The minimum absolute atomic E-state index is 0.222. The van der Waals surface area contributed by atoms with Gasteiger partial charge in [0, 0.05) is 24.3 Å². The third kappa shape index (κ3) is 3.96. The zero-order valence-electron chi connectivity index (χ0n) is 15.4. The van der Waals surface area contributed by atoms with Gasteiger partial charge in [-0.15, -0.1) is 25.2 Å². The summed E-state index contributed by atoms with van der Waals surface area (Å²) in [5.74, 6) is 2.92. The first-order valence-corrected chi connectivity index (χ1v) is 8.56. The smallest absolute Gasteiger partial charge is 0.220 e. The highest BCUT2D eigenvalue weighted by molar-refractivity contribution is 5.60. The van der Waals surface area contributed by atoms with E-state index in [9.17, 15) is 0 Å². The van der Waals surface area contributed by atoms with Crippen molar-refractivity contribution in [2.45, 2.75) is 39.5 Å². The molecule has 136 valence electrons. The first-order valence-electron chi connectivity index (χ1n) is 8.56. The summed E-state index contributed by atoms with van der Waals surface area (Å²) in [6, 6.07) is 5.72. The van der Waals surface area contributed by atoms with Crippen LogP contribution in [-0.4, -0.2) is 37.5 Å². The van der Waals surface area contributed by atoms with Gasteiger partial charge in [0.1, 0.15) is 5.75 Å². The molecule has 0 unspecified atom stereocenters. The Kier molecular flexibility index (Phi) is 5.40. The summed E-state index contributed by atoms with van der Waals surface area (Å²) >= 11 is 0. The number of allylic oxidation sites excluding steroid dienone is 1. The molecule has 0 bridgehead atoms. The number of tetrazole rings is 1. The van der Waals surface area contributed by atoms with Crippen LogP contribution in [0.5, 0.6) is 5.75 Å². The molecule has 2 heterocycles. The molecule has 26 heavy (non-hydrogen) atoms. The number of benzene rings is 1. The molecular formula is C18H22N6O2. The third-order valence-electron chi connectivity index (χ3n) is 3.78. The normalized spacial score (nSPS) is 11.6. The molecule has 3 rings (SSSR count). The lowest BCUT2D eigenvalue weighted by atomic mass is 10.1. The van der Waals surface area contributed by atoms with Gasteiger partial charge < -0.3 is 9.15 Å². The number of rotatable bonds is 7. The highest BCUT2D eigenvalue weighted by Gasteiger charge is 2.09. The largest absolute Gasteiger partial charge is 0.496 e. The van der Waals surface area contributed by atoms with E-state index in [0.29, 0.717) is 24.0 Å². The molecule has 0 radical (unpaired) electrons. The monoisotopic (exact) mass is 354 g/mol. The molecule has 3 aromatic rings. The highest BCUT2D eigenvalue weighted by Crippen LogP contribution is 2.23. The van der Waals surface area contributed by atoms with Gasteiger partial charge in [-0.05, 0) is 23.4 Å². The summed E-state index contributed by atoms with van der Waals surface area (Å²) in [5, 5.41) is 20.5. The molecule has 0 saturated carbocycles. The molecule has 0 atom stereocenters. The van der Waals surface area contributed by atoms with Crippen LogP contribution in [0.2, 0.25) is 0 Å². The number of nitrogens with zero attached hydrogens (tertiary/aromatic N) is 6. The zero-order chi connectivity index (χ0) is 18.5. The van der Waals surface area contributed by atoms with E-state index in [4.69, 9.17) is 9.15 Å². The Balaban J connectivity index is 1.79. The third-order valence-corrected chi connectivity index (χ3v) is 3.78. The standard InChI is InChI=1S/C18H22N6O2/c1-5-16-19-23-24(22-16)14-9-10-15(25-4)13(11-14)7-6-8-17-20-21-18(26-17)12(2)3/h6-7,9-12H,5,8H2,1-4H3/b7-6+. The Hall–Kier alpha value is -3.03. The number of hydrogen-bond donors (Lipinski definition) is 0. The minimum atomic E-state index is 0.222. The summed E-state index contributed by atoms with van der Waals surface area (Å²) < 4.78 is 11.0. The molecule has 0 aliphatic carbocycles. The van der Waals surface area contributed by atoms with Crippen LogP contribution < -0.4 is 4.74 Å². The lowest BCUT2D eigenvalue weighted by molar-refractivity contribution is 0.413. The van der Waals surface area contributed by atoms with Crippen molar-refractivity contribution < 1.29 is 9.15 Å². The van der Waals surface area contributed by atoms with Crippen LogP contribution in [0.15, 0.2) is 28.7 Å². The van der Waals surface area contributed by atoms with Crippen LogP contribution in [0.1, 0.15) is 49.9 Å². The van der Waals surface area contributed by atoms with Crippen LogP contribution in [0.3, 0.4) is 0 Å². The predicted molar refractivity (Wildman–Crippen MR) is 96.2 cm³/mol. The van der Waals surface area contributed by atoms with Crippen molar-refractivity contribution in [2.24, 2.45) is 0 Å². The van der Waals surface area contributed by atoms with E-state index in [1.165, 1.54) is 4.80 Å². The summed E-state index contributed by atoms with van der Waals surface area (Å²) in [7, 11) is 1.64. The first-order chi connectivity index (χ1) is 12.6. The molecule has 1 aromatic carbocycles. The van der Waals surface area contributed by atoms with Crippen LogP contribution in [0, 0.1) is 0 Å². The number of methoxy groups -OCH3 is 1. The lowest BCUT2D eigenvalue weighted by Gasteiger charge is -2.07. The molecular weight excluding hydrogens is 332 g/mol. The zero-order valence-corrected chi connectivity index (χ0v) is 15.4. The Morgan fingerprint density at radius 3 is 2.73 bits per heavy atom. The van der Waals surface area contributed by atoms with E-state index in [1.807, 2.05) is 51.1 Å². The number of aryl methyl sites for hydroxylation is 1. The van der Waals surface area contributed by atoms with Gasteiger partial charge in [-0.2, -0.15) is 0 Å². The first kappa shape index (κ1) is 17.8. The van der Waals surface area contributed by atoms with Crippen LogP contribution in [0.25, 0.3) is 11.8 Å². The van der Waals surface area contributed by atoms with Gasteiger partial charge in [0.25, 0.3) is 0 Å². The van der Waals surface area contributed by atoms with Crippen molar-refractivity contribution in [3.63, 3.8) is 0 Å². The molecule has 8 heteroatoms. The maximum atomic E-state index is 5.61. The Morgan fingerprint density at radius 1 is 1.23 bits per heavy atom. The fourth-order valence-corrected chi connectivity index (χ4v) is 2.34. The minimum Gasteiger partial charge on any atom is -0.496 e. The topological polar surface area (TPSA) is 91.8 Å². The second-order valence-corrected chi connectivity index (χ2v) is 6.07. The van der Waals surface area contributed by atoms with Gasteiger partial charge in [-0.25, -0.2) is 0 Å². The summed E-state index contributed by atoms with van der Waals surface area (Å²) in [6.07, 6.45) is 5.21. The molecule has 0 fully saturated rings. The number of hydrogen-bond acceptors (Lipinski definition) is 7. The van der Waals surface area contributed by atoms with Crippen LogP contribution in [0.4, 0.5) is 0 Å². The van der Waals surface area contributed by atoms with Crippen molar-refractivity contribution in [1.82, 2.24) is 30.4 Å². The molecule has 2 aromatic heterocycles. The Bertz CT molecular complexity index is 897. The van der Waals surface area contributed by atoms with E-state index < -0.39 is 0 Å². The quantitative estimate of drug-likeness (QED) is 0.644. The van der Waals surface area contributed by atoms with E-state index >= 15 is 0 Å². The molecule has 0 aliphatic rings. The van der Waals surface area contributed by atoms with E-state index in [0.717, 1.165) is 23.4 Å². The highest BCUT2D eigenvalue weighted by atomic mass is 16.5. The SMILES string of the molecule is CCc1nnn(-c2ccc(OC)c(/C=C/Cc3nnc(C(C)C)o3)c2)n1. The molecule has 0 amide bonds. The van der Waals surface area contributed by atoms with Crippen molar-refractivity contribution in [3.8, 4) is 11.4 Å². The molecule has 0 N–H and O–H groups in total. The summed E-state index contributed by atoms with van der Waals surface area (Å²) in [5.41, 5.74) is 1.72. The van der Waals surface area contributed by atoms with Crippen molar-refractivity contribution in [2.75, 3.05) is 7.11 Å². The fraction of sp³-hybridized carbons (Fsp3) is 0.389. The summed E-state index contributed by atoms with van der Waals surface area (Å²) in [6.45, 7) is 6.03. The molecule has 0 aliphatic heterocycles. The maximum Gasteiger partial charge on any atom is 0.220 e. The maximum absolute atomic E-state index is 5.61. The molecule has 0 spiro atoms. The van der Waals surface area contributed by atoms with Crippen molar-refractivity contribution in [3.05, 3.63) is 47.4 Å².